The Morgan fingerprint density at radius 1 is 1.19 bits per heavy atom. The second kappa shape index (κ2) is 4.23. The Morgan fingerprint density at radius 3 is 2.62 bits per heavy atom. The summed E-state index contributed by atoms with van der Waals surface area (Å²) in [6.07, 6.45) is 3.12. The van der Waals surface area contributed by atoms with Gasteiger partial charge in [-0.2, -0.15) is 0 Å². The number of pyridine rings is 1. The highest BCUT2D eigenvalue weighted by molar-refractivity contribution is 6.09. The highest BCUT2D eigenvalue weighted by Gasteiger charge is 2.14. The fourth-order valence-corrected chi connectivity index (χ4v) is 1.52. The zero-order valence-electron chi connectivity index (χ0n) is 8.77. The van der Waals surface area contributed by atoms with E-state index in [2.05, 4.69) is 4.98 Å². The van der Waals surface area contributed by atoms with E-state index in [1.807, 2.05) is 0 Å². The molecular formula is C13H10FNO. The van der Waals surface area contributed by atoms with Gasteiger partial charge in [0.2, 0.25) is 0 Å². The van der Waals surface area contributed by atoms with Crippen molar-refractivity contribution in [3.05, 3.63) is 65.2 Å². The van der Waals surface area contributed by atoms with Gasteiger partial charge in [-0.05, 0) is 30.7 Å². The lowest BCUT2D eigenvalue weighted by atomic mass is 10.0. The molecule has 1 aromatic heterocycles. The molecule has 16 heavy (non-hydrogen) atoms. The fraction of sp³-hybridized carbons (Fsp3) is 0.0769. The molecule has 0 spiro atoms. The van der Waals surface area contributed by atoms with Gasteiger partial charge in [-0.15, -0.1) is 0 Å². The van der Waals surface area contributed by atoms with Crippen LogP contribution in [0.25, 0.3) is 0 Å². The summed E-state index contributed by atoms with van der Waals surface area (Å²) in [4.78, 5) is 15.9. The minimum absolute atomic E-state index is 0.0943. The highest BCUT2D eigenvalue weighted by Crippen LogP contribution is 2.15. The van der Waals surface area contributed by atoms with Crippen LogP contribution in [0.2, 0.25) is 0 Å². The number of carbonyl (C=O) groups excluding carboxylic acids is 1. The summed E-state index contributed by atoms with van der Waals surface area (Å²) in [7, 11) is 0. The summed E-state index contributed by atoms with van der Waals surface area (Å²) in [6.45, 7) is 1.78. The number of benzene rings is 1. The lowest BCUT2D eigenvalue weighted by Gasteiger charge is -2.04. The van der Waals surface area contributed by atoms with Gasteiger partial charge >= 0.3 is 0 Å². The summed E-state index contributed by atoms with van der Waals surface area (Å²) in [5.74, 6) is -0.804. The minimum atomic E-state index is -0.497. The maximum atomic E-state index is 13.4. The summed E-state index contributed by atoms with van der Waals surface area (Å²) in [5, 5.41) is 0. The first-order valence-electron chi connectivity index (χ1n) is 4.90. The van der Waals surface area contributed by atoms with Crippen molar-refractivity contribution >= 4 is 5.78 Å². The minimum Gasteiger partial charge on any atom is -0.288 e. The van der Waals surface area contributed by atoms with E-state index < -0.39 is 5.82 Å². The molecule has 0 unspecified atom stereocenters. The third-order valence-electron chi connectivity index (χ3n) is 2.38. The van der Waals surface area contributed by atoms with Gasteiger partial charge in [-0.25, -0.2) is 4.39 Å². The predicted molar refractivity (Wildman–Crippen MR) is 58.8 cm³/mol. The van der Waals surface area contributed by atoms with Crippen LogP contribution in [0.15, 0.2) is 42.7 Å². The Kier molecular flexibility index (Phi) is 2.77. The Balaban J connectivity index is 2.48. The van der Waals surface area contributed by atoms with Gasteiger partial charge in [0, 0.05) is 18.0 Å². The summed E-state index contributed by atoms with van der Waals surface area (Å²) in [5.41, 5.74) is 1.33. The van der Waals surface area contributed by atoms with Gasteiger partial charge in [-0.3, -0.25) is 9.78 Å². The van der Waals surface area contributed by atoms with Crippen LogP contribution in [0.3, 0.4) is 0 Å². The van der Waals surface area contributed by atoms with E-state index >= 15 is 0 Å². The predicted octanol–water partition coefficient (Wildman–Crippen LogP) is 2.76. The first-order valence-corrected chi connectivity index (χ1v) is 4.90. The van der Waals surface area contributed by atoms with E-state index in [1.165, 1.54) is 18.3 Å². The number of aromatic nitrogens is 1. The van der Waals surface area contributed by atoms with Gasteiger partial charge in [-0.1, -0.05) is 12.1 Å². The largest absolute Gasteiger partial charge is 0.288 e. The van der Waals surface area contributed by atoms with Crippen LogP contribution in [-0.2, 0) is 0 Å². The smallest absolute Gasteiger partial charge is 0.196 e. The standard InChI is InChI=1S/C13H10FNO/c1-9-8-15-7-6-10(9)13(16)11-4-2-3-5-12(11)14/h2-8H,1H3. The summed E-state index contributed by atoms with van der Waals surface area (Å²) >= 11 is 0. The molecule has 2 nitrogen and oxygen atoms in total. The number of aryl methyl sites for hydroxylation is 1. The molecule has 0 fully saturated rings. The van der Waals surface area contributed by atoms with Crippen LogP contribution in [0, 0.1) is 12.7 Å². The normalized spacial score (nSPS) is 10.1. The number of hydrogen-bond donors (Lipinski definition) is 0. The van der Waals surface area contributed by atoms with Crippen LogP contribution >= 0.6 is 0 Å². The average molecular weight is 215 g/mol. The molecule has 3 heteroatoms. The molecule has 1 aromatic carbocycles. The quantitative estimate of drug-likeness (QED) is 0.721. The van der Waals surface area contributed by atoms with Crippen LogP contribution in [0.1, 0.15) is 21.5 Å². The molecule has 0 bridgehead atoms. The monoisotopic (exact) mass is 215 g/mol. The van der Waals surface area contributed by atoms with Crippen molar-refractivity contribution in [1.29, 1.82) is 0 Å². The lowest BCUT2D eigenvalue weighted by Crippen LogP contribution is -2.06. The SMILES string of the molecule is Cc1cnccc1C(=O)c1ccccc1F. The van der Waals surface area contributed by atoms with E-state index in [-0.39, 0.29) is 11.3 Å². The molecular weight excluding hydrogens is 205 g/mol. The maximum Gasteiger partial charge on any atom is 0.196 e. The van der Waals surface area contributed by atoms with Crippen molar-refractivity contribution < 1.29 is 9.18 Å². The topological polar surface area (TPSA) is 30.0 Å². The molecule has 0 aliphatic rings. The number of halogens is 1. The second-order valence-corrected chi connectivity index (χ2v) is 3.50. The average Bonchev–Trinajstić information content (AvgIpc) is 2.29. The maximum absolute atomic E-state index is 13.4. The van der Waals surface area contributed by atoms with Crippen LogP contribution in [0.5, 0.6) is 0 Å². The van der Waals surface area contributed by atoms with E-state index in [9.17, 15) is 9.18 Å². The van der Waals surface area contributed by atoms with Gasteiger partial charge in [0.1, 0.15) is 5.82 Å². The van der Waals surface area contributed by atoms with Crippen molar-refractivity contribution in [3.63, 3.8) is 0 Å². The highest BCUT2D eigenvalue weighted by atomic mass is 19.1. The van der Waals surface area contributed by atoms with Crippen molar-refractivity contribution in [2.75, 3.05) is 0 Å². The zero-order valence-corrected chi connectivity index (χ0v) is 8.77. The Labute approximate surface area is 92.8 Å². The lowest BCUT2D eigenvalue weighted by molar-refractivity contribution is 0.103. The molecule has 80 valence electrons. The number of hydrogen-bond acceptors (Lipinski definition) is 2. The number of ketones is 1. The van der Waals surface area contributed by atoms with Gasteiger partial charge in [0.05, 0.1) is 5.56 Å². The Morgan fingerprint density at radius 2 is 1.94 bits per heavy atom. The number of carbonyl (C=O) groups is 1. The molecule has 0 amide bonds. The molecule has 2 aromatic rings. The molecule has 2 rings (SSSR count). The van der Waals surface area contributed by atoms with Crippen molar-refractivity contribution in [3.8, 4) is 0 Å². The van der Waals surface area contributed by atoms with E-state index in [4.69, 9.17) is 0 Å². The molecule has 0 radical (unpaired) electrons. The van der Waals surface area contributed by atoms with E-state index in [1.54, 1.807) is 31.3 Å². The number of nitrogens with zero attached hydrogens (tertiary/aromatic N) is 1. The van der Waals surface area contributed by atoms with Crippen molar-refractivity contribution in [2.24, 2.45) is 0 Å². The Hall–Kier alpha value is -2.03. The van der Waals surface area contributed by atoms with Gasteiger partial charge in [0.25, 0.3) is 0 Å². The third kappa shape index (κ3) is 1.84. The second-order valence-electron chi connectivity index (χ2n) is 3.50. The first-order chi connectivity index (χ1) is 7.70. The van der Waals surface area contributed by atoms with Crippen molar-refractivity contribution in [2.45, 2.75) is 6.92 Å². The Bertz CT molecular complexity index is 489. The molecule has 0 aliphatic heterocycles. The van der Waals surface area contributed by atoms with E-state index in [0.717, 1.165) is 5.56 Å². The van der Waals surface area contributed by atoms with Crippen molar-refractivity contribution in [1.82, 2.24) is 4.98 Å². The first kappa shape index (κ1) is 10.5. The molecule has 0 saturated heterocycles. The zero-order chi connectivity index (χ0) is 11.5. The molecule has 0 saturated carbocycles. The van der Waals surface area contributed by atoms with Crippen LogP contribution in [0.4, 0.5) is 4.39 Å². The number of rotatable bonds is 2. The molecule has 0 N–H and O–H groups in total. The van der Waals surface area contributed by atoms with Crippen LogP contribution in [-0.4, -0.2) is 10.8 Å². The van der Waals surface area contributed by atoms with E-state index in [0.29, 0.717) is 5.56 Å². The van der Waals surface area contributed by atoms with Crippen LogP contribution < -0.4 is 0 Å². The third-order valence-corrected chi connectivity index (χ3v) is 2.38. The molecule has 0 atom stereocenters. The van der Waals surface area contributed by atoms with Gasteiger partial charge in [0.15, 0.2) is 5.78 Å². The molecule has 0 aliphatic carbocycles. The molecule has 1 heterocycles. The van der Waals surface area contributed by atoms with Gasteiger partial charge < -0.3 is 0 Å². The summed E-state index contributed by atoms with van der Waals surface area (Å²) < 4.78 is 13.4. The fourth-order valence-electron chi connectivity index (χ4n) is 1.52. The summed E-state index contributed by atoms with van der Waals surface area (Å²) in [6, 6.07) is 7.57.